The number of aromatic amines is 1. The van der Waals surface area contributed by atoms with Gasteiger partial charge in [-0.1, -0.05) is 38.0 Å². The number of nitrogens with zero attached hydrogens (tertiary/aromatic N) is 1. The predicted molar refractivity (Wildman–Crippen MR) is 103 cm³/mol. The van der Waals surface area contributed by atoms with Crippen molar-refractivity contribution in [1.29, 1.82) is 0 Å². The topological polar surface area (TPSA) is 69.8 Å². The molecule has 3 rings (SSSR count). The number of unbranched alkanes of at least 4 members (excludes halogenated alkanes) is 2. The Morgan fingerprint density at radius 2 is 2.04 bits per heavy atom. The molecular formula is C20H24N4O. The van der Waals surface area contributed by atoms with Gasteiger partial charge in [-0.3, -0.25) is 4.79 Å². The summed E-state index contributed by atoms with van der Waals surface area (Å²) >= 11 is 0. The van der Waals surface area contributed by atoms with Gasteiger partial charge in [0.15, 0.2) is 0 Å². The molecule has 1 aromatic carbocycles. The first-order chi connectivity index (χ1) is 12.3. The van der Waals surface area contributed by atoms with Gasteiger partial charge in [0, 0.05) is 23.6 Å². The fraction of sp³-hybridized carbons (Fsp3) is 0.300. The van der Waals surface area contributed by atoms with Crippen molar-refractivity contribution in [3.63, 3.8) is 0 Å². The van der Waals surface area contributed by atoms with Crippen LogP contribution in [0.1, 0.15) is 31.7 Å². The van der Waals surface area contributed by atoms with Crippen LogP contribution in [0.4, 0.5) is 11.5 Å². The second kappa shape index (κ2) is 8.33. The Balaban J connectivity index is 1.54. The van der Waals surface area contributed by atoms with Crippen molar-refractivity contribution in [1.82, 2.24) is 9.97 Å². The highest BCUT2D eigenvalue weighted by molar-refractivity contribution is 5.95. The predicted octanol–water partition coefficient (Wildman–Crippen LogP) is 4.35. The van der Waals surface area contributed by atoms with Gasteiger partial charge in [-0.05, 0) is 30.2 Å². The van der Waals surface area contributed by atoms with E-state index in [1.165, 1.54) is 12.8 Å². The Kier molecular flexibility index (Phi) is 5.67. The maximum atomic E-state index is 12.3. The van der Waals surface area contributed by atoms with Crippen LogP contribution >= 0.6 is 0 Å². The number of pyridine rings is 1. The number of carbonyl (C=O) groups is 1. The van der Waals surface area contributed by atoms with Crippen LogP contribution in [0.3, 0.4) is 0 Å². The van der Waals surface area contributed by atoms with Gasteiger partial charge in [0.25, 0.3) is 0 Å². The summed E-state index contributed by atoms with van der Waals surface area (Å²) in [6.07, 6.45) is 7.56. The summed E-state index contributed by atoms with van der Waals surface area (Å²) < 4.78 is 0. The second-order valence-corrected chi connectivity index (χ2v) is 6.15. The van der Waals surface area contributed by atoms with E-state index in [1.807, 2.05) is 42.6 Å². The van der Waals surface area contributed by atoms with Crippen molar-refractivity contribution in [2.75, 3.05) is 17.2 Å². The summed E-state index contributed by atoms with van der Waals surface area (Å²) in [5.74, 6) is 0.504. The lowest BCUT2D eigenvalue weighted by Gasteiger charge is -2.07. The zero-order valence-corrected chi connectivity index (χ0v) is 14.5. The van der Waals surface area contributed by atoms with Crippen molar-refractivity contribution in [3.8, 4) is 0 Å². The lowest BCUT2D eigenvalue weighted by atomic mass is 10.1. The van der Waals surface area contributed by atoms with Crippen LogP contribution in [0.2, 0.25) is 0 Å². The third-order valence-corrected chi connectivity index (χ3v) is 4.17. The lowest BCUT2D eigenvalue weighted by Crippen LogP contribution is -2.15. The quantitative estimate of drug-likeness (QED) is 0.536. The van der Waals surface area contributed by atoms with E-state index < -0.39 is 0 Å². The summed E-state index contributed by atoms with van der Waals surface area (Å²) in [4.78, 5) is 19.8. The van der Waals surface area contributed by atoms with Gasteiger partial charge in [-0.25, -0.2) is 4.98 Å². The number of anilines is 2. The number of aromatic nitrogens is 2. The van der Waals surface area contributed by atoms with E-state index in [-0.39, 0.29) is 5.91 Å². The van der Waals surface area contributed by atoms with E-state index in [1.54, 1.807) is 6.20 Å². The largest absolute Gasteiger partial charge is 0.384 e. The van der Waals surface area contributed by atoms with E-state index in [2.05, 4.69) is 27.5 Å². The first kappa shape index (κ1) is 17.0. The van der Waals surface area contributed by atoms with Gasteiger partial charge in [0.05, 0.1) is 18.3 Å². The normalized spacial score (nSPS) is 10.8. The van der Waals surface area contributed by atoms with E-state index in [9.17, 15) is 4.79 Å². The first-order valence-electron chi connectivity index (χ1n) is 8.81. The molecule has 0 spiro atoms. The highest BCUT2D eigenvalue weighted by atomic mass is 16.1. The summed E-state index contributed by atoms with van der Waals surface area (Å²) in [5, 5.41) is 7.27. The van der Waals surface area contributed by atoms with Crippen molar-refractivity contribution in [3.05, 3.63) is 54.4 Å². The molecule has 0 fully saturated rings. The number of rotatable bonds is 8. The van der Waals surface area contributed by atoms with E-state index in [0.29, 0.717) is 12.2 Å². The minimum absolute atomic E-state index is 0.0686. The minimum atomic E-state index is -0.0686. The number of benzene rings is 1. The van der Waals surface area contributed by atoms with E-state index >= 15 is 0 Å². The van der Waals surface area contributed by atoms with Crippen LogP contribution in [0.15, 0.2) is 48.8 Å². The van der Waals surface area contributed by atoms with Gasteiger partial charge in [0.1, 0.15) is 5.82 Å². The molecule has 2 aromatic heterocycles. The molecule has 3 N–H and O–H groups in total. The molecule has 0 bridgehead atoms. The highest BCUT2D eigenvalue weighted by Gasteiger charge is 2.09. The SMILES string of the molecule is CCCCCNc1ccc(NC(=O)Cc2c[nH]c3ccccc23)nc1. The lowest BCUT2D eigenvalue weighted by molar-refractivity contribution is -0.115. The van der Waals surface area contributed by atoms with Crippen molar-refractivity contribution in [2.45, 2.75) is 32.6 Å². The summed E-state index contributed by atoms with van der Waals surface area (Å²) in [6, 6.07) is 11.8. The van der Waals surface area contributed by atoms with Crippen molar-refractivity contribution in [2.24, 2.45) is 0 Å². The molecule has 0 aliphatic carbocycles. The van der Waals surface area contributed by atoms with Crippen molar-refractivity contribution >= 4 is 28.3 Å². The molecule has 0 aliphatic heterocycles. The van der Waals surface area contributed by atoms with Gasteiger partial charge >= 0.3 is 0 Å². The summed E-state index contributed by atoms with van der Waals surface area (Å²) in [5.41, 5.74) is 3.01. The van der Waals surface area contributed by atoms with Crippen molar-refractivity contribution < 1.29 is 4.79 Å². The number of amides is 1. The number of fused-ring (bicyclic) bond motifs is 1. The number of hydrogen-bond acceptors (Lipinski definition) is 3. The summed E-state index contributed by atoms with van der Waals surface area (Å²) in [7, 11) is 0. The van der Waals surface area contributed by atoms with Crippen LogP contribution in [0.25, 0.3) is 10.9 Å². The molecular weight excluding hydrogens is 312 g/mol. The maximum absolute atomic E-state index is 12.3. The van der Waals surface area contributed by atoms with Crippen LogP contribution in [-0.2, 0) is 11.2 Å². The molecule has 0 radical (unpaired) electrons. The third-order valence-electron chi connectivity index (χ3n) is 4.17. The van der Waals surface area contributed by atoms with Crippen LogP contribution in [0.5, 0.6) is 0 Å². The molecule has 1 amide bonds. The fourth-order valence-corrected chi connectivity index (χ4v) is 2.82. The Morgan fingerprint density at radius 3 is 2.84 bits per heavy atom. The Bertz CT molecular complexity index is 823. The van der Waals surface area contributed by atoms with Crippen LogP contribution < -0.4 is 10.6 Å². The van der Waals surface area contributed by atoms with E-state index in [4.69, 9.17) is 0 Å². The molecule has 0 atom stereocenters. The first-order valence-corrected chi connectivity index (χ1v) is 8.81. The standard InChI is InChI=1S/C20H24N4O/c1-2-3-6-11-21-16-9-10-19(23-14-16)24-20(25)12-15-13-22-18-8-5-4-7-17(15)18/h4-5,7-10,13-14,21-22H,2-3,6,11-12H2,1H3,(H,23,24,25). The number of carbonyl (C=O) groups excluding carboxylic acids is 1. The average molecular weight is 336 g/mol. The molecule has 0 aliphatic rings. The van der Waals surface area contributed by atoms with Gasteiger partial charge in [-0.15, -0.1) is 0 Å². The van der Waals surface area contributed by atoms with E-state index in [0.717, 1.165) is 35.1 Å². The Morgan fingerprint density at radius 1 is 1.16 bits per heavy atom. The molecule has 3 aromatic rings. The smallest absolute Gasteiger partial charge is 0.230 e. The zero-order chi connectivity index (χ0) is 17.5. The highest BCUT2D eigenvalue weighted by Crippen LogP contribution is 2.18. The second-order valence-electron chi connectivity index (χ2n) is 6.15. The molecule has 130 valence electrons. The average Bonchev–Trinajstić information content (AvgIpc) is 3.03. The molecule has 2 heterocycles. The third kappa shape index (κ3) is 4.59. The molecule has 5 heteroatoms. The van der Waals surface area contributed by atoms with Gasteiger partial charge in [0.2, 0.25) is 5.91 Å². The zero-order valence-electron chi connectivity index (χ0n) is 14.5. The molecule has 0 saturated heterocycles. The van der Waals surface area contributed by atoms with Gasteiger partial charge in [-0.2, -0.15) is 0 Å². The van der Waals surface area contributed by atoms with Crippen LogP contribution in [0, 0.1) is 0 Å². The number of para-hydroxylation sites is 1. The Hall–Kier alpha value is -2.82. The number of H-pyrrole nitrogens is 1. The minimum Gasteiger partial charge on any atom is -0.384 e. The summed E-state index contributed by atoms with van der Waals surface area (Å²) in [6.45, 7) is 3.14. The number of hydrogen-bond donors (Lipinski definition) is 3. The number of nitrogens with one attached hydrogen (secondary N) is 3. The fourth-order valence-electron chi connectivity index (χ4n) is 2.82. The Labute approximate surface area is 147 Å². The maximum Gasteiger partial charge on any atom is 0.230 e. The molecule has 0 saturated carbocycles. The molecule has 5 nitrogen and oxygen atoms in total. The molecule has 0 unspecified atom stereocenters. The van der Waals surface area contributed by atoms with Gasteiger partial charge < -0.3 is 15.6 Å². The monoisotopic (exact) mass is 336 g/mol. The molecule has 25 heavy (non-hydrogen) atoms. The van der Waals surface area contributed by atoms with Crippen LogP contribution in [-0.4, -0.2) is 22.4 Å².